The molecule has 0 amide bonds. The van der Waals surface area contributed by atoms with Gasteiger partial charge in [0.2, 0.25) is 0 Å². The van der Waals surface area contributed by atoms with Crippen LogP contribution >= 0.6 is 0 Å². The van der Waals surface area contributed by atoms with Gasteiger partial charge in [0.15, 0.2) is 0 Å². The topological polar surface area (TPSA) is 35.0 Å². The maximum atomic E-state index is 4.82. The minimum absolute atomic E-state index is 0.433. The van der Waals surface area contributed by atoms with Crippen LogP contribution in [0.4, 0.5) is 0 Å². The first-order valence-corrected chi connectivity index (χ1v) is 4.01. The fraction of sp³-hybridized carbons (Fsp3) is 0.400. The molecule has 1 heterocycles. The molecule has 0 aliphatic carbocycles. The van der Waals surface area contributed by atoms with Gasteiger partial charge in [-0.05, 0) is 19.8 Å². The summed E-state index contributed by atoms with van der Waals surface area (Å²) in [6, 6.07) is 0. The second-order valence-corrected chi connectivity index (χ2v) is 2.67. The fourth-order valence-corrected chi connectivity index (χ4v) is 0.856. The smallest absolute Gasteiger partial charge is 0.119 e. The molecule has 0 radical (unpaired) electrons. The molecule has 0 saturated carbocycles. The van der Waals surface area contributed by atoms with Gasteiger partial charge in [-0.3, -0.25) is 0 Å². The van der Waals surface area contributed by atoms with E-state index in [9.17, 15) is 0 Å². The van der Waals surface area contributed by atoms with Gasteiger partial charge in [-0.2, -0.15) is 0 Å². The van der Waals surface area contributed by atoms with E-state index in [0.717, 1.165) is 17.0 Å². The highest BCUT2D eigenvalue weighted by molar-refractivity contribution is 5.36. The lowest BCUT2D eigenvalue weighted by molar-refractivity contribution is 0.240. The predicted octanol–water partition coefficient (Wildman–Crippen LogP) is 1.09. The third-order valence-electron chi connectivity index (χ3n) is 1.76. The summed E-state index contributed by atoms with van der Waals surface area (Å²) < 4.78 is 4.82. The molecule has 0 N–H and O–H groups in total. The van der Waals surface area contributed by atoms with Gasteiger partial charge in [0.1, 0.15) is 18.6 Å². The van der Waals surface area contributed by atoms with Gasteiger partial charge in [0.05, 0.1) is 0 Å². The van der Waals surface area contributed by atoms with Crippen LogP contribution in [-0.4, -0.2) is 23.7 Å². The molecule has 0 atom stereocenters. The van der Waals surface area contributed by atoms with E-state index >= 15 is 0 Å². The van der Waals surface area contributed by atoms with Gasteiger partial charge < -0.3 is 4.74 Å². The first-order chi connectivity index (χ1) is 6.25. The summed E-state index contributed by atoms with van der Waals surface area (Å²) in [4.78, 5) is 8.13. The lowest BCUT2D eigenvalue weighted by Gasteiger charge is -1.98. The van der Waals surface area contributed by atoms with E-state index in [1.165, 1.54) is 6.33 Å². The largest absolute Gasteiger partial charge is 0.372 e. The molecule has 0 aromatic carbocycles. The van der Waals surface area contributed by atoms with E-state index < -0.39 is 0 Å². The van der Waals surface area contributed by atoms with Gasteiger partial charge in [-0.1, -0.05) is 5.92 Å². The number of rotatable bonds is 1. The Kier molecular flexibility index (Phi) is 3.41. The predicted molar refractivity (Wildman–Crippen MR) is 50.3 cm³/mol. The van der Waals surface area contributed by atoms with Crippen molar-refractivity contribution in [2.24, 2.45) is 0 Å². The van der Waals surface area contributed by atoms with Crippen molar-refractivity contribution in [3.8, 4) is 11.8 Å². The first kappa shape index (κ1) is 9.69. The van der Waals surface area contributed by atoms with Crippen molar-refractivity contribution >= 4 is 0 Å². The van der Waals surface area contributed by atoms with Gasteiger partial charge in [-0.15, -0.1) is 0 Å². The Labute approximate surface area is 78.2 Å². The number of hydrogen-bond acceptors (Lipinski definition) is 3. The van der Waals surface area contributed by atoms with Crippen molar-refractivity contribution < 1.29 is 4.74 Å². The Morgan fingerprint density at radius 3 is 2.85 bits per heavy atom. The summed E-state index contributed by atoms with van der Waals surface area (Å²) in [5.74, 6) is 5.79. The Morgan fingerprint density at radius 1 is 1.38 bits per heavy atom. The summed E-state index contributed by atoms with van der Waals surface area (Å²) >= 11 is 0. The normalized spacial score (nSPS) is 9.15. The molecule has 0 bridgehead atoms. The summed E-state index contributed by atoms with van der Waals surface area (Å²) in [6.07, 6.45) is 1.53. The lowest BCUT2D eigenvalue weighted by atomic mass is 10.2. The molecule has 0 fully saturated rings. The van der Waals surface area contributed by atoms with E-state index in [1.807, 2.05) is 13.8 Å². The van der Waals surface area contributed by atoms with Crippen molar-refractivity contribution in [2.45, 2.75) is 13.8 Å². The number of hydrogen-bond donors (Lipinski definition) is 0. The summed E-state index contributed by atoms with van der Waals surface area (Å²) in [6.45, 7) is 4.34. The van der Waals surface area contributed by atoms with Gasteiger partial charge in [0.25, 0.3) is 0 Å². The van der Waals surface area contributed by atoms with Crippen LogP contribution in [0, 0.1) is 25.7 Å². The molecule has 1 aromatic heterocycles. The highest BCUT2D eigenvalue weighted by Gasteiger charge is 1.98. The maximum Gasteiger partial charge on any atom is 0.119 e. The zero-order valence-corrected chi connectivity index (χ0v) is 8.09. The SMILES string of the molecule is COCC#Cc1ncnc(C)c1C. The molecule has 0 aliphatic rings. The Hall–Kier alpha value is -1.40. The number of ether oxygens (including phenoxy) is 1. The Morgan fingerprint density at radius 2 is 2.15 bits per heavy atom. The number of methoxy groups -OCH3 is 1. The van der Waals surface area contributed by atoms with Crippen molar-refractivity contribution in [1.29, 1.82) is 0 Å². The minimum atomic E-state index is 0.433. The van der Waals surface area contributed by atoms with Crippen LogP contribution in [0.15, 0.2) is 6.33 Å². The first-order valence-electron chi connectivity index (χ1n) is 4.01. The molecule has 68 valence electrons. The van der Waals surface area contributed by atoms with Crippen molar-refractivity contribution in [3.63, 3.8) is 0 Å². The molecular formula is C10H12N2O. The summed E-state index contributed by atoms with van der Waals surface area (Å²) in [5, 5.41) is 0. The van der Waals surface area contributed by atoms with Crippen molar-refractivity contribution in [2.75, 3.05) is 13.7 Å². The van der Waals surface area contributed by atoms with Crippen LogP contribution in [0.1, 0.15) is 17.0 Å². The van der Waals surface area contributed by atoms with E-state index in [2.05, 4.69) is 21.8 Å². The van der Waals surface area contributed by atoms with Crippen LogP contribution in [0.3, 0.4) is 0 Å². The lowest BCUT2D eigenvalue weighted by Crippen LogP contribution is -1.94. The van der Waals surface area contributed by atoms with Crippen LogP contribution < -0.4 is 0 Å². The number of aromatic nitrogens is 2. The van der Waals surface area contributed by atoms with E-state index in [4.69, 9.17) is 4.74 Å². The molecule has 3 heteroatoms. The van der Waals surface area contributed by atoms with Gasteiger partial charge >= 0.3 is 0 Å². The second kappa shape index (κ2) is 4.58. The molecule has 1 rings (SSSR count). The van der Waals surface area contributed by atoms with Crippen LogP contribution in [0.2, 0.25) is 0 Å². The fourth-order valence-electron chi connectivity index (χ4n) is 0.856. The highest BCUT2D eigenvalue weighted by atomic mass is 16.5. The average molecular weight is 176 g/mol. The molecule has 3 nitrogen and oxygen atoms in total. The minimum Gasteiger partial charge on any atom is -0.372 e. The second-order valence-electron chi connectivity index (χ2n) is 2.67. The van der Waals surface area contributed by atoms with Gasteiger partial charge in [-0.25, -0.2) is 9.97 Å². The third-order valence-corrected chi connectivity index (χ3v) is 1.76. The Balaban J connectivity index is 2.91. The quantitative estimate of drug-likeness (QED) is 0.601. The van der Waals surface area contributed by atoms with Crippen LogP contribution in [-0.2, 0) is 4.74 Å². The van der Waals surface area contributed by atoms with Crippen LogP contribution in [0.5, 0.6) is 0 Å². The molecule has 0 spiro atoms. The molecule has 0 aliphatic heterocycles. The zero-order valence-electron chi connectivity index (χ0n) is 8.09. The monoisotopic (exact) mass is 176 g/mol. The molecule has 0 saturated heterocycles. The number of aryl methyl sites for hydroxylation is 1. The van der Waals surface area contributed by atoms with Crippen molar-refractivity contribution in [3.05, 3.63) is 23.3 Å². The maximum absolute atomic E-state index is 4.82. The van der Waals surface area contributed by atoms with Gasteiger partial charge in [0, 0.05) is 18.4 Å². The number of nitrogens with zero attached hydrogens (tertiary/aromatic N) is 2. The summed E-state index contributed by atoms with van der Waals surface area (Å²) in [7, 11) is 1.62. The molecule has 1 aromatic rings. The van der Waals surface area contributed by atoms with E-state index in [1.54, 1.807) is 7.11 Å². The molecular weight excluding hydrogens is 164 g/mol. The van der Waals surface area contributed by atoms with E-state index in [0.29, 0.717) is 6.61 Å². The highest BCUT2D eigenvalue weighted by Crippen LogP contribution is 2.04. The molecule has 13 heavy (non-hydrogen) atoms. The Bertz CT molecular complexity index is 350. The standard InChI is InChI=1S/C10H12N2O/c1-8-9(2)11-7-12-10(8)5-4-6-13-3/h7H,6H2,1-3H3. The zero-order chi connectivity index (χ0) is 9.68. The van der Waals surface area contributed by atoms with E-state index in [-0.39, 0.29) is 0 Å². The average Bonchev–Trinajstić information content (AvgIpc) is 2.13. The summed E-state index contributed by atoms with van der Waals surface area (Å²) in [5.41, 5.74) is 2.78. The molecule has 0 unspecified atom stereocenters. The van der Waals surface area contributed by atoms with Crippen molar-refractivity contribution in [1.82, 2.24) is 9.97 Å². The third kappa shape index (κ3) is 2.53. The van der Waals surface area contributed by atoms with Crippen LogP contribution in [0.25, 0.3) is 0 Å².